The Morgan fingerprint density at radius 2 is 1.54 bits per heavy atom. The molecule has 0 saturated heterocycles. The topological polar surface area (TPSA) is 41.1 Å². The summed E-state index contributed by atoms with van der Waals surface area (Å²) in [6.45, 7) is 15.6. The first kappa shape index (κ1) is 20.8. The molecule has 0 bridgehead atoms. The molecule has 2 unspecified atom stereocenters. The number of anilines is 1. The Morgan fingerprint density at radius 1 is 1.00 bits per heavy atom. The van der Waals surface area contributed by atoms with E-state index in [2.05, 4.69) is 77.3 Å². The monoisotopic (exact) mass is 358 g/mol. The van der Waals surface area contributed by atoms with E-state index in [1.807, 2.05) is 0 Å². The Hall–Kier alpha value is -1.51. The fourth-order valence-electron chi connectivity index (χ4n) is 4.35. The molecule has 1 aromatic rings. The number of nitrogens with one attached hydrogen (secondary N) is 2. The molecule has 0 spiro atoms. The standard InChI is InChI=1S/C23H38N2O/c1-15(2)17-11-10-12-18(16(3)4)21(17)25-22(26)24-20-14-9-8-13-19(20)23(5,6)7/h10-12,15-16,19-20H,8-9,13-14H2,1-7H3,(H2,24,25,26). The van der Waals surface area contributed by atoms with Crippen LogP contribution in [0.4, 0.5) is 10.5 Å². The fraction of sp³-hybridized carbons (Fsp3) is 0.696. The lowest BCUT2D eigenvalue weighted by Crippen LogP contribution is -2.48. The van der Waals surface area contributed by atoms with Gasteiger partial charge in [-0.3, -0.25) is 0 Å². The highest BCUT2D eigenvalue weighted by Gasteiger charge is 2.35. The maximum absolute atomic E-state index is 12.9. The minimum Gasteiger partial charge on any atom is -0.335 e. The average molecular weight is 359 g/mol. The summed E-state index contributed by atoms with van der Waals surface area (Å²) in [5, 5.41) is 6.52. The van der Waals surface area contributed by atoms with Crippen molar-refractivity contribution < 1.29 is 4.79 Å². The molecular weight excluding hydrogens is 320 g/mol. The molecule has 1 saturated carbocycles. The number of para-hydroxylation sites is 1. The molecule has 1 aliphatic rings. The van der Waals surface area contributed by atoms with E-state index < -0.39 is 0 Å². The number of rotatable bonds is 4. The highest BCUT2D eigenvalue weighted by molar-refractivity contribution is 5.91. The maximum Gasteiger partial charge on any atom is 0.319 e. The molecule has 0 aliphatic heterocycles. The predicted molar refractivity (Wildman–Crippen MR) is 112 cm³/mol. The SMILES string of the molecule is CC(C)c1cccc(C(C)C)c1NC(=O)NC1CCCCC1C(C)(C)C. The van der Waals surface area contributed by atoms with E-state index in [4.69, 9.17) is 0 Å². The molecule has 2 N–H and O–H groups in total. The van der Waals surface area contributed by atoms with Crippen LogP contribution in [0.1, 0.15) is 97.1 Å². The van der Waals surface area contributed by atoms with Gasteiger partial charge in [-0.25, -0.2) is 4.79 Å². The third-order valence-electron chi connectivity index (χ3n) is 5.81. The van der Waals surface area contributed by atoms with E-state index >= 15 is 0 Å². The van der Waals surface area contributed by atoms with Crippen molar-refractivity contribution in [3.8, 4) is 0 Å². The van der Waals surface area contributed by atoms with Gasteiger partial charge in [0.15, 0.2) is 0 Å². The third-order valence-corrected chi connectivity index (χ3v) is 5.81. The summed E-state index contributed by atoms with van der Waals surface area (Å²) >= 11 is 0. The summed E-state index contributed by atoms with van der Waals surface area (Å²) in [6.07, 6.45) is 4.76. The van der Waals surface area contributed by atoms with Crippen molar-refractivity contribution in [1.82, 2.24) is 5.32 Å². The summed E-state index contributed by atoms with van der Waals surface area (Å²) in [5.41, 5.74) is 3.64. The van der Waals surface area contributed by atoms with Gasteiger partial charge in [0.25, 0.3) is 0 Å². The first-order chi connectivity index (χ1) is 12.1. The summed E-state index contributed by atoms with van der Waals surface area (Å²) < 4.78 is 0. The largest absolute Gasteiger partial charge is 0.335 e. The second-order valence-corrected chi connectivity index (χ2v) is 9.58. The lowest BCUT2D eigenvalue weighted by molar-refractivity contribution is 0.135. The summed E-state index contributed by atoms with van der Waals surface area (Å²) in [7, 11) is 0. The van der Waals surface area contributed by atoms with Crippen LogP contribution in [0.2, 0.25) is 0 Å². The first-order valence-electron chi connectivity index (χ1n) is 10.3. The molecule has 1 fully saturated rings. The van der Waals surface area contributed by atoms with Gasteiger partial charge < -0.3 is 10.6 Å². The van der Waals surface area contributed by atoms with Crippen molar-refractivity contribution in [2.24, 2.45) is 11.3 Å². The first-order valence-corrected chi connectivity index (χ1v) is 10.3. The summed E-state index contributed by atoms with van der Waals surface area (Å²) in [5.74, 6) is 1.29. The minimum atomic E-state index is -0.0545. The number of benzene rings is 1. The van der Waals surface area contributed by atoms with Crippen LogP contribution in [-0.4, -0.2) is 12.1 Å². The molecule has 0 aromatic heterocycles. The highest BCUT2D eigenvalue weighted by atomic mass is 16.2. The Bertz CT molecular complexity index is 587. The molecule has 0 radical (unpaired) electrons. The molecule has 1 aromatic carbocycles. The normalized spacial score (nSPS) is 21.1. The van der Waals surface area contributed by atoms with Crippen LogP contribution in [0.15, 0.2) is 18.2 Å². The van der Waals surface area contributed by atoms with E-state index in [-0.39, 0.29) is 17.5 Å². The van der Waals surface area contributed by atoms with E-state index in [1.165, 1.54) is 30.4 Å². The Kier molecular flexibility index (Phi) is 6.76. The predicted octanol–water partition coefficient (Wildman–Crippen LogP) is 6.66. The number of carbonyl (C=O) groups excluding carboxylic acids is 1. The third kappa shape index (κ3) is 5.02. The fourth-order valence-corrected chi connectivity index (χ4v) is 4.35. The zero-order valence-corrected chi connectivity index (χ0v) is 17.8. The molecule has 3 heteroatoms. The van der Waals surface area contributed by atoms with Gasteiger partial charge >= 0.3 is 6.03 Å². The molecule has 26 heavy (non-hydrogen) atoms. The van der Waals surface area contributed by atoms with Crippen molar-refractivity contribution in [1.29, 1.82) is 0 Å². The molecule has 2 rings (SSSR count). The van der Waals surface area contributed by atoms with E-state index in [0.29, 0.717) is 17.8 Å². The molecule has 3 nitrogen and oxygen atoms in total. The van der Waals surface area contributed by atoms with Crippen LogP contribution in [0.3, 0.4) is 0 Å². The van der Waals surface area contributed by atoms with Gasteiger partial charge in [-0.05, 0) is 47.1 Å². The number of amides is 2. The second kappa shape index (κ2) is 8.45. The smallest absolute Gasteiger partial charge is 0.319 e. The van der Waals surface area contributed by atoms with E-state index in [0.717, 1.165) is 12.1 Å². The van der Waals surface area contributed by atoms with Gasteiger partial charge in [-0.15, -0.1) is 0 Å². The lowest BCUT2D eigenvalue weighted by atomic mass is 9.69. The van der Waals surface area contributed by atoms with E-state index in [9.17, 15) is 4.79 Å². The van der Waals surface area contributed by atoms with Gasteiger partial charge in [0.05, 0.1) is 0 Å². The van der Waals surface area contributed by atoms with Crippen LogP contribution in [0.25, 0.3) is 0 Å². The van der Waals surface area contributed by atoms with Crippen molar-refractivity contribution in [2.45, 2.75) is 92.0 Å². The quantitative estimate of drug-likeness (QED) is 0.621. The molecule has 2 atom stereocenters. The maximum atomic E-state index is 12.9. The van der Waals surface area contributed by atoms with Crippen LogP contribution in [-0.2, 0) is 0 Å². The van der Waals surface area contributed by atoms with Gasteiger partial charge in [0.2, 0.25) is 0 Å². The Morgan fingerprint density at radius 3 is 2.04 bits per heavy atom. The van der Waals surface area contributed by atoms with Crippen molar-refractivity contribution in [3.63, 3.8) is 0 Å². The Labute approximate surface area is 160 Å². The van der Waals surface area contributed by atoms with E-state index in [1.54, 1.807) is 0 Å². The van der Waals surface area contributed by atoms with Gasteiger partial charge in [-0.2, -0.15) is 0 Å². The van der Waals surface area contributed by atoms with Crippen molar-refractivity contribution in [2.75, 3.05) is 5.32 Å². The molecule has 2 amide bonds. The van der Waals surface area contributed by atoms with Gasteiger partial charge in [-0.1, -0.05) is 79.5 Å². The van der Waals surface area contributed by atoms with Crippen LogP contribution < -0.4 is 10.6 Å². The lowest BCUT2D eigenvalue weighted by Gasteiger charge is -2.40. The summed E-state index contributed by atoms with van der Waals surface area (Å²) in [6, 6.07) is 6.57. The Balaban J connectivity index is 2.19. The van der Waals surface area contributed by atoms with Crippen LogP contribution in [0.5, 0.6) is 0 Å². The minimum absolute atomic E-state index is 0.0545. The highest BCUT2D eigenvalue weighted by Crippen LogP contribution is 2.38. The number of hydrogen-bond acceptors (Lipinski definition) is 1. The number of carbonyl (C=O) groups is 1. The molecular formula is C23H38N2O. The summed E-state index contributed by atoms with van der Waals surface area (Å²) in [4.78, 5) is 12.9. The average Bonchev–Trinajstić information content (AvgIpc) is 2.53. The zero-order chi connectivity index (χ0) is 19.5. The second-order valence-electron chi connectivity index (χ2n) is 9.58. The van der Waals surface area contributed by atoms with Crippen LogP contribution >= 0.6 is 0 Å². The van der Waals surface area contributed by atoms with Crippen molar-refractivity contribution >= 4 is 11.7 Å². The zero-order valence-electron chi connectivity index (χ0n) is 17.8. The van der Waals surface area contributed by atoms with Gasteiger partial charge in [0, 0.05) is 11.7 Å². The number of urea groups is 1. The van der Waals surface area contributed by atoms with Crippen molar-refractivity contribution in [3.05, 3.63) is 29.3 Å². The molecule has 1 aliphatic carbocycles. The number of hydrogen-bond donors (Lipinski definition) is 2. The van der Waals surface area contributed by atoms with Gasteiger partial charge in [0.1, 0.15) is 0 Å². The van der Waals surface area contributed by atoms with Crippen LogP contribution in [0, 0.1) is 11.3 Å². The molecule has 0 heterocycles. The molecule has 146 valence electrons.